The molecule has 1 aromatic carbocycles. The van der Waals surface area contributed by atoms with Crippen molar-refractivity contribution in [2.75, 3.05) is 25.5 Å². The Balaban J connectivity index is 0.000000618. The van der Waals surface area contributed by atoms with Gasteiger partial charge in [-0.05, 0) is 49.2 Å². The molecule has 1 spiro atoms. The van der Waals surface area contributed by atoms with E-state index in [1.54, 1.807) is 31.6 Å². The zero-order chi connectivity index (χ0) is 24.8. The molecule has 11 heteroatoms. The number of hydrogen-bond donors (Lipinski definition) is 3. The molecule has 1 aromatic heterocycles. The molecule has 1 atom stereocenters. The smallest absolute Gasteiger partial charge is 0.290 e. The largest absolute Gasteiger partial charge is 0.497 e. The van der Waals surface area contributed by atoms with Crippen molar-refractivity contribution in [2.24, 2.45) is 5.16 Å². The molecule has 3 N–H and O–H groups in total. The topological polar surface area (TPSA) is 151 Å². The number of oxime groups is 1. The molecule has 0 saturated carbocycles. The van der Waals surface area contributed by atoms with Crippen LogP contribution in [0.4, 0.5) is 5.69 Å². The molecule has 182 valence electrons. The number of rotatable bonds is 5. The van der Waals surface area contributed by atoms with E-state index in [1.807, 2.05) is 12.1 Å². The van der Waals surface area contributed by atoms with E-state index in [2.05, 4.69) is 32.5 Å². The number of carbonyl (C=O) groups is 3. The molecule has 2 aromatic rings. The Morgan fingerprint density at radius 3 is 2.71 bits per heavy atom. The molecule has 11 nitrogen and oxygen atoms in total. The molecule has 0 bridgehead atoms. The highest BCUT2D eigenvalue weighted by molar-refractivity contribution is 6.43. The van der Waals surface area contributed by atoms with Crippen LogP contribution in [0.15, 0.2) is 53.9 Å². The number of anilines is 1. The Bertz CT molecular complexity index is 965. The fourth-order valence-corrected chi connectivity index (χ4v) is 3.86. The van der Waals surface area contributed by atoms with Gasteiger partial charge in [-0.25, -0.2) is 0 Å². The second-order valence-electron chi connectivity index (χ2n) is 7.56. The van der Waals surface area contributed by atoms with Crippen LogP contribution >= 0.6 is 0 Å². The van der Waals surface area contributed by atoms with Crippen LogP contribution in [-0.2, 0) is 25.8 Å². The third-order valence-electron chi connectivity index (χ3n) is 5.18. The summed E-state index contributed by atoms with van der Waals surface area (Å²) in [5.74, 6) is 0.633. The molecule has 0 aliphatic carbocycles. The average molecular weight is 472 g/mol. The molecule has 34 heavy (non-hydrogen) atoms. The van der Waals surface area contributed by atoms with E-state index in [4.69, 9.17) is 29.4 Å². The van der Waals surface area contributed by atoms with Crippen LogP contribution in [0.2, 0.25) is 0 Å². The number of amides is 1. The summed E-state index contributed by atoms with van der Waals surface area (Å²) in [5.41, 5.74) is 1.87. The summed E-state index contributed by atoms with van der Waals surface area (Å²) >= 11 is 0. The van der Waals surface area contributed by atoms with Gasteiger partial charge in [0.15, 0.2) is 5.60 Å². The van der Waals surface area contributed by atoms with Crippen molar-refractivity contribution in [3.8, 4) is 5.75 Å². The summed E-state index contributed by atoms with van der Waals surface area (Å²) in [6.07, 6.45) is 5.71. The van der Waals surface area contributed by atoms with Crippen LogP contribution in [0, 0.1) is 0 Å². The van der Waals surface area contributed by atoms with Crippen molar-refractivity contribution in [1.29, 1.82) is 0 Å². The van der Waals surface area contributed by atoms with Crippen LogP contribution in [0.25, 0.3) is 0 Å². The van der Waals surface area contributed by atoms with Gasteiger partial charge < -0.3 is 25.1 Å². The second-order valence-corrected chi connectivity index (χ2v) is 7.56. The van der Waals surface area contributed by atoms with Gasteiger partial charge in [0.05, 0.1) is 19.0 Å². The molecule has 2 aliphatic rings. The minimum atomic E-state index is -0.418. The number of carbonyl (C=O) groups excluding carboxylic acids is 1. The number of benzene rings is 1. The number of piperidine rings is 1. The maximum absolute atomic E-state index is 12.5. The van der Waals surface area contributed by atoms with E-state index < -0.39 is 5.60 Å². The lowest BCUT2D eigenvalue weighted by molar-refractivity contribution is -0.123. The maximum atomic E-state index is 12.5. The number of hydrogen-bond acceptors (Lipinski definition) is 8. The molecule has 4 rings (SSSR count). The Hall–Kier alpha value is -3.99. The molecule has 0 radical (unpaired) electrons. The third kappa shape index (κ3) is 7.85. The predicted octanol–water partition coefficient (Wildman–Crippen LogP) is 2.24. The van der Waals surface area contributed by atoms with Gasteiger partial charge in [0, 0.05) is 25.7 Å². The number of ether oxygens (including phenoxy) is 1. The molecular weight excluding hydrogens is 444 g/mol. The Morgan fingerprint density at radius 2 is 2.03 bits per heavy atom. The van der Waals surface area contributed by atoms with Gasteiger partial charge >= 0.3 is 0 Å². The summed E-state index contributed by atoms with van der Waals surface area (Å²) in [4.78, 5) is 41.4. The van der Waals surface area contributed by atoms with E-state index in [1.165, 1.54) is 5.56 Å². The van der Waals surface area contributed by atoms with Gasteiger partial charge in [-0.1, -0.05) is 17.3 Å². The van der Waals surface area contributed by atoms with Crippen LogP contribution in [0.3, 0.4) is 0 Å². The quantitative estimate of drug-likeness (QED) is 0.557. The molecular formula is C23H28N4O7. The zero-order valence-corrected chi connectivity index (χ0v) is 18.8. The number of pyridine rings is 1. The lowest BCUT2D eigenvalue weighted by atomic mass is 9.88. The Labute approximate surface area is 197 Å². The second kappa shape index (κ2) is 13.5. The van der Waals surface area contributed by atoms with Crippen molar-refractivity contribution >= 4 is 30.3 Å². The first-order valence-electron chi connectivity index (χ1n) is 10.5. The summed E-state index contributed by atoms with van der Waals surface area (Å²) in [5, 5.41) is 20.7. The van der Waals surface area contributed by atoms with Gasteiger partial charge in [0.2, 0.25) is 0 Å². The van der Waals surface area contributed by atoms with Crippen molar-refractivity contribution in [3.63, 3.8) is 0 Å². The van der Waals surface area contributed by atoms with Gasteiger partial charge in [0.1, 0.15) is 11.5 Å². The number of carboxylic acid groups (broad SMARTS) is 2. The van der Waals surface area contributed by atoms with Gasteiger partial charge in [-0.15, -0.1) is 0 Å². The lowest BCUT2D eigenvalue weighted by Crippen LogP contribution is -2.48. The number of likely N-dealkylation sites (tertiary alicyclic amines) is 1. The molecule has 1 saturated heterocycles. The number of nitrogens with one attached hydrogen (secondary N) is 1. The molecule has 1 unspecified atom stereocenters. The highest BCUT2D eigenvalue weighted by atomic mass is 16.7. The fourth-order valence-electron chi connectivity index (χ4n) is 3.86. The minimum absolute atomic E-state index is 0.227. The van der Waals surface area contributed by atoms with Crippen molar-refractivity contribution in [2.45, 2.75) is 31.4 Å². The number of methoxy groups -OCH3 is 1. The average Bonchev–Trinajstić information content (AvgIpc) is 3.24. The first-order valence-corrected chi connectivity index (χ1v) is 10.5. The van der Waals surface area contributed by atoms with Gasteiger partial charge in [-0.2, -0.15) is 0 Å². The van der Waals surface area contributed by atoms with Gasteiger partial charge in [0.25, 0.3) is 18.9 Å². The van der Waals surface area contributed by atoms with Crippen molar-refractivity contribution < 1.29 is 34.2 Å². The fraction of sp³-hybridized carbons (Fsp3) is 0.348. The van der Waals surface area contributed by atoms with Crippen LogP contribution in [-0.4, -0.2) is 70.5 Å². The van der Waals surface area contributed by atoms with E-state index in [9.17, 15) is 4.79 Å². The highest BCUT2D eigenvalue weighted by Gasteiger charge is 2.44. The SMILES string of the molecule is COc1cccc(CN2CCCC3(CC(C(=O)Nc4cccnc4)=NO3)C2)c1.O=CO.O=CO. The summed E-state index contributed by atoms with van der Waals surface area (Å²) in [6, 6.07) is 11.7. The lowest BCUT2D eigenvalue weighted by Gasteiger charge is -2.38. The number of nitrogens with zero attached hydrogens (tertiary/aromatic N) is 3. The van der Waals surface area contributed by atoms with E-state index in [0.717, 1.165) is 38.2 Å². The van der Waals surface area contributed by atoms with Gasteiger partial charge in [-0.3, -0.25) is 24.3 Å². The first kappa shape index (κ1) is 26.3. The van der Waals surface area contributed by atoms with Crippen molar-refractivity contribution in [3.05, 3.63) is 54.4 Å². The Morgan fingerprint density at radius 1 is 1.26 bits per heavy atom. The van der Waals surface area contributed by atoms with E-state index >= 15 is 0 Å². The van der Waals surface area contributed by atoms with Crippen LogP contribution < -0.4 is 10.1 Å². The molecule has 1 amide bonds. The van der Waals surface area contributed by atoms with Crippen molar-refractivity contribution in [1.82, 2.24) is 9.88 Å². The standard InChI is InChI=1S/C21H24N4O3.2CH2O2/c1-27-18-7-2-5-16(11-18)14-25-10-4-8-21(15-25)12-19(24-28-21)20(26)23-17-6-3-9-22-13-17;2*2-1-3/h2-3,5-7,9,11,13H,4,8,10,12,14-15H2,1H3,(H,23,26);2*1H,(H,2,3). The third-order valence-corrected chi connectivity index (χ3v) is 5.18. The van der Waals surface area contributed by atoms with E-state index in [-0.39, 0.29) is 18.9 Å². The molecule has 2 aliphatic heterocycles. The zero-order valence-electron chi connectivity index (χ0n) is 18.8. The normalized spacial score (nSPS) is 18.7. The first-order chi connectivity index (χ1) is 16.5. The Kier molecular flexibility index (Phi) is 10.5. The summed E-state index contributed by atoms with van der Waals surface area (Å²) in [6.45, 7) is 2.07. The maximum Gasteiger partial charge on any atom is 0.290 e. The van der Waals surface area contributed by atoms with E-state index in [0.29, 0.717) is 17.8 Å². The minimum Gasteiger partial charge on any atom is -0.497 e. The molecule has 1 fully saturated rings. The highest BCUT2D eigenvalue weighted by Crippen LogP contribution is 2.34. The summed E-state index contributed by atoms with van der Waals surface area (Å²) < 4.78 is 5.32. The monoisotopic (exact) mass is 472 g/mol. The van der Waals surface area contributed by atoms with Crippen LogP contribution in [0.5, 0.6) is 5.75 Å². The number of aromatic nitrogens is 1. The molecule has 3 heterocycles. The summed E-state index contributed by atoms with van der Waals surface area (Å²) in [7, 11) is 1.68. The predicted molar refractivity (Wildman–Crippen MR) is 124 cm³/mol. The van der Waals surface area contributed by atoms with Crippen LogP contribution in [0.1, 0.15) is 24.8 Å².